The molecule has 1 N–H and O–H groups in total. The molecule has 1 aliphatic rings. The average molecular weight is 404 g/mol. The molecule has 1 amide bonds. The topological polar surface area (TPSA) is 66.2 Å². The zero-order chi connectivity index (χ0) is 20.8. The summed E-state index contributed by atoms with van der Waals surface area (Å²) in [4.78, 5) is 16.6. The van der Waals surface area contributed by atoms with Gasteiger partial charge in [0, 0.05) is 25.2 Å². The van der Waals surface area contributed by atoms with Crippen molar-refractivity contribution in [1.29, 1.82) is 0 Å². The Labute approximate surface area is 170 Å². The molecule has 29 heavy (non-hydrogen) atoms. The first-order chi connectivity index (χ1) is 13.9. The quantitative estimate of drug-likeness (QED) is 0.733. The zero-order valence-corrected chi connectivity index (χ0v) is 17.0. The van der Waals surface area contributed by atoms with Gasteiger partial charge in [0.2, 0.25) is 5.91 Å². The molecule has 0 spiro atoms. The number of hydrogen-bond donors (Lipinski definition) is 1. The number of aliphatic hydroxyl groups excluding tert-OH is 1. The van der Waals surface area contributed by atoms with Crippen LogP contribution in [0.25, 0.3) is 0 Å². The largest absolute Gasteiger partial charge is 0.462 e. The third-order valence-corrected chi connectivity index (χ3v) is 4.87. The fourth-order valence-corrected chi connectivity index (χ4v) is 3.53. The van der Waals surface area contributed by atoms with E-state index in [0.29, 0.717) is 49.2 Å². The van der Waals surface area contributed by atoms with Gasteiger partial charge in [-0.15, -0.1) is 0 Å². The van der Waals surface area contributed by atoms with Crippen LogP contribution in [0.4, 0.5) is 4.39 Å². The minimum atomic E-state index is -0.291. The fraction of sp³-hybridized carbons (Fsp3) is 0.500. The molecule has 1 saturated heterocycles. The lowest BCUT2D eigenvalue weighted by Crippen LogP contribution is -2.40. The van der Waals surface area contributed by atoms with Gasteiger partial charge in [0.1, 0.15) is 23.9 Å². The molecule has 0 saturated carbocycles. The summed E-state index contributed by atoms with van der Waals surface area (Å²) in [6, 6.07) is 10.1. The van der Waals surface area contributed by atoms with Gasteiger partial charge >= 0.3 is 0 Å². The highest BCUT2D eigenvalue weighted by atomic mass is 19.1. The number of ether oxygens (including phenoxy) is 1. The minimum Gasteiger partial charge on any atom is -0.462 e. The molecule has 1 aromatic carbocycles. The first kappa shape index (κ1) is 21.5. The first-order valence-corrected chi connectivity index (χ1v) is 9.98. The smallest absolute Gasteiger partial charge is 0.236 e. The molecule has 0 bridgehead atoms. The lowest BCUT2D eigenvalue weighted by Gasteiger charge is -2.26. The molecule has 1 aliphatic heterocycles. The molecular formula is C22H29FN2O4. The SMILES string of the molecule is CC(C)CN1CC(OCc2ccccc2F)CN(Cc2ccc(CO)o2)CC1=O. The van der Waals surface area contributed by atoms with Crippen LogP contribution >= 0.6 is 0 Å². The van der Waals surface area contributed by atoms with Crippen LogP contribution in [-0.2, 0) is 29.3 Å². The Morgan fingerprint density at radius 3 is 2.66 bits per heavy atom. The number of amides is 1. The van der Waals surface area contributed by atoms with E-state index < -0.39 is 0 Å². The highest BCUT2D eigenvalue weighted by Gasteiger charge is 2.29. The lowest BCUT2D eigenvalue weighted by atomic mass is 10.2. The second kappa shape index (κ2) is 10.0. The van der Waals surface area contributed by atoms with Crippen LogP contribution in [0.1, 0.15) is 30.9 Å². The van der Waals surface area contributed by atoms with Crippen molar-refractivity contribution in [1.82, 2.24) is 9.80 Å². The summed E-state index contributed by atoms with van der Waals surface area (Å²) in [5.74, 6) is 1.28. The van der Waals surface area contributed by atoms with Crippen molar-refractivity contribution in [3.8, 4) is 0 Å². The lowest BCUT2D eigenvalue weighted by molar-refractivity contribution is -0.132. The summed E-state index contributed by atoms with van der Waals surface area (Å²) in [7, 11) is 0. The molecule has 0 aliphatic carbocycles. The number of furan rings is 1. The van der Waals surface area contributed by atoms with E-state index in [4.69, 9.17) is 9.15 Å². The van der Waals surface area contributed by atoms with Crippen molar-refractivity contribution in [2.45, 2.75) is 39.7 Å². The molecule has 2 aromatic rings. The molecule has 1 atom stereocenters. The minimum absolute atomic E-state index is 0.0460. The van der Waals surface area contributed by atoms with Crippen LogP contribution in [0.15, 0.2) is 40.8 Å². The van der Waals surface area contributed by atoms with E-state index in [-0.39, 0.29) is 37.6 Å². The Bertz CT molecular complexity index is 808. The highest BCUT2D eigenvalue weighted by molar-refractivity contribution is 5.78. The predicted octanol–water partition coefficient (Wildman–Crippen LogP) is 2.80. The van der Waals surface area contributed by atoms with Crippen LogP contribution in [0.3, 0.4) is 0 Å². The van der Waals surface area contributed by atoms with Gasteiger partial charge in [-0.3, -0.25) is 9.69 Å². The zero-order valence-electron chi connectivity index (χ0n) is 17.0. The van der Waals surface area contributed by atoms with E-state index in [1.54, 1.807) is 24.3 Å². The summed E-state index contributed by atoms with van der Waals surface area (Å²) in [6.07, 6.45) is -0.243. The molecule has 3 rings (SSSR count). The predicted molar refractivity (Wildman–Crippen MR) is 106 cm³/mol. The Morgan fingerprint density at radius 2 is 1.97 bits per heavy atom. The number of hydrogen-bond acceptors (Lipinski definition) is 5. The fourth-order valence-electron chi connectivity index (χ4n) is 3.53. The van der Waals surface area contributed by atoms with Crippen molar-refractivity contribution < 1.29 is 23.4 Å². The van der Waals surface area contributed by atoms with Crippen LogP contribution in [0.2, 0.25) is 0 Å². The summed E-state index contributed by atoms with van der Waals surface area (Å²) >= 11 is 0. The van der Waals surface area contributed by atoms with Crippen LogP contribution in [0, 0.1) is 11.7 Å². The standard InChI is InChI=1S/C22H29FN2O4/c1-16(2)9-25-12-20(28-15-17-5-3-4-6-21(17)23)11-24(13-22(25)27)10-18-7-8-19(14-26)29-18/h3-8,16,20,26H,9-15H2,1-2H3. The second-order valence-electron chi connectivity index (χ2n) is 7.91. The third kappa shape index (κ3) is 6.13. The molecule has 7 heteroatoms. The van der Waals surface area contributed by atoms with E-state index in [1.165, 1.54) is 6.07 Å². The molecule has 1 fully saturated rings. The molecule has 1 aromatic heterocycles. The van der Waals surface area contributed by atoms with Crippen molar-refractivity contribution >= 4 is 5.91 Å². The summed E-state index contributed by atoms with van der Waals surface area (Å²) in [5, 5.41) is 9.19. The van der Waals surface area contributed by atoms with Crippen molar-refractivity contribution in [3.05, 3.63) is 59.3 Å². The van der Waals surface area contributed by atoms with Crippen molar-refractivity contribution in [2.24, 2.45) is 5.92 Å². The first-order valence-electron chi connectivity index (χ1n) is 9.98. The number of carbonyl (C=O) groups excluding carboxylic acids is 1. The van der Waals surface area contributed by atoms with Crippen molar-refractivity contribution in [2.75, 3.05) is 26.2 Å². The number of benzene rings is 1. The molecule has 158 valence electrons. The average Bonchev–Trinajstić information content (AvgIpc) is 3.07. The second-order valence-corrected chi connectivity index (χ2v) is 7.91. The molecule has 0 radical (unpaired) electrons. The Morgan fingerprint density at radius 1 is 1.21 bits per heavy atom. The number of halogens is 1. The van der Waals surface area contributed by atoms with Crippen molar-refractivity contribution in [3.63, 3.8) is 0 Å². The van der Waals surface area contributed by atoms with E-state index in [9.17, 15) is 14.3 Å². The van der Waals surface area contributed by atoms with Gasteiger partial charge in [0.15, 0.2) is 0 Å². The maximum Gasteiger partial charge on any atom is 0.236 e. The van der Waals surface area contributed by atoms with Crippen LogP contribution < -0.4 is 0 Å². The van der Waals surface area contributed by atoms with E-state index in [2.05, 4.69) is 13.8 Å². The van der Waals surface area contributed by atoms with Gasteiger partial charge in [-0.05, 0) is 24.1 Å². The number of carbonyl (C=O) groups is 1. The maximum atomic E-state index is 13.9. The van der Waals surface area contributed by atoms with Crippen LogP contribution in [-0.4, -0.2) is 53.1 Å². The third-order valence-electron chi connectivity index (χ3n) is 4.87. The van der Waals surface area contributed by atoms with E-state index >= 15 is 0 Å². The summed E-state index contributed by atoms with van der Waals surface area (Å²) in [6.45, 7) is 6.52. The molecule has 6 nitrogen and oxygen atoms in total. The monoisotopic (exact) mass is 404 g/mol. The number of rotatable bonds is 8. The van der Waals surface area contributed by atoms with Gasteiger partial charge in [0.25, 0.3) is 0 Å². The van der Waals surface area contributed by atoms with Gasteiger partial charge in [-0.25, -0.2) is 4.39 Å². The van der Waals surface area contributed by atoms with Gasteiger partial charge in [0.05, 0.1) is 25.8 Å². The maximum absolute atomic E-state index is 13.9. The normalized spacial score (nSPS) is 18.4. The molecule has 1 unspecified atom stereocenters. The highest BCUT2D eigenvalue weighted by Crippen LogP contribution is 2.17. The van der Waals surface area contributed by atoms with Gasteiger partial charge < -0.3 is 19.2 Å². The number of aliphatic hydroxyl groups is 1. The van der Waals surface area contributed by atoms with E-state index in [1.807, 2.05) is 15.9 Å². The summed E-state index contributed by atoms with van der Waals surface area (Å²) in [5.41, 5.74) is 0.503. The summed E-state index contributed by atoms with van der Waals surface area (Å²) < 4.78 is 25.6. The molecule has 2 heterocycles. The Kier molecular flexibility index (Phi) is 7.41. The van der Waals surface area contributed by atoms with Gasteiger partial charge in [-0.1, -0.05) is 32.0 Å². The Hall–Kier alpha value is -2.22. The molecular weight excluding hydrogens is 375 g/mol. The number of nitrogens with zero attached hydrogens (tertiary/aromatic N) is 2. The van der Waals surface area contributed by atoms with E-state index in [0.717, 1.165) is 0 Å². The van der Waals surface area contributed by atoms with Crippen LogP contribution in [0.5, 0.6) is 0 Å². The van der Waals surface area contributed by atoms with Gasteiger partial charge in [-0.2, -0.15) is 0 Å². The Balaban J connectivity index is 1.71.